The summed E-state index contributed by atoms with van der Waals surface area (Å²) in [5.41, 5.74) is 5.38. The first-order valence-electron chi connectivity index (χ1n) is 5.33. The third-order valence-corrected chi connectivity index (χ3v) is 2.45. The van der Waals surface area contributed by atoms with Crippen molar-refractivity contribution in [2.24, 2.45) is 11.7 Å². The molecule has 3 nitrogen and oxygen atoms in total. The topological polar surface area (TPSA) is 55.1 Å². The van der Waals surface area contributed by atoms with Crippen LogP contribution in [-0.2, 0) is 4.79 Å². The number of thiocarbonyl (C=S) groups is 1. The van der Waals surface area contributed by atoms with Crippen LogP contribution in [0.5, 0.6) is 0 Å². The predicted molar refractivity (Wildman–Crippen MR) is 63.5 cm³/mol. The van der Waals surface area contributed by atoms with Gasteiger partial charge in [0.25, 0.3) is 0 Å². The lowest BCUT2D eigenvalue weighted by atomic mass is 10.0. The molecule has 0 aromatic heterocycles. The molecule has 0 rings (SSSR count). The van der Waals surface area contributed by atoms with Gasteiger partial charge in [0.2, 0.25) is 5.91 Å². The van der Waals surface area contributed by atoms with E-state index in [1.165, 1.54) is 6.92 Å². The zero-order valence-corrected chi connectivity index (χ0v) is 10.6. The molecule has 0 heterocycles. The molecule has 0 aliphatic carbocycles. The Bertz CT molecular complexity index is 281. The summed E-state index contributed by atoms with van der Waals surface area (Å²) in [6.07, 6.45) is -4.23. The molecule has 7 heteroatoms. The van der Waals surface area contributed by atoms with E-state index in [1.54, 1.807) is 0 Å². The lowest BCUT2D eigenvalue weighted by Gasteiger charge is -2.20. The molecule has 0 radical (unpaired) electrons. The van der Waals surface area contributed by atoms with E-state index >= 15 is 0 Å². The molecule has 0 saturated heterocycles. The van der Waals surface area contributed by atoms with Crippen molar-refractivity contribution in [2.45, 2.75) is 45.3 Å². The second-order valence-corrected chi connectivity index (χ2v) is 4.44. The Morgan fingerprint density at radius 3 is 2.35 bits per heavy atom. The minimum atomic E-state index is -4.30. The van der Waals surface area contributed by atoms with E-state index in [0.717, 1.165) is 0 Å². The molecule has 0 saturated carbocycles. The summed E-state index contributed by atoms with van der Waals surface area (Å²) < 4.78 is 36.2. The van der Waals surface area contributed by atoms with Gasteiger partial charge in [0.15, 0.2) is 0 Å². The Kier molecular flexibility index (Phi) is 6.44. The summed E-state index contributed by atoms with van der Waals surface area (Å²) in [6, 6.07) is -0.976. The van der Waals surface area contributed by atoms with Gasteiger partial charge in [-0.1, -0.05) is 25.6 Å². The standard InChI is InChI=1S/C10H17F3N2OS/c1-3-4-7(8(14)17)9(16)15-6(2)5-10(11,12)13/h6-7H,3-5H2,1-2H3,(H2,14,17)(H,15,16). The third-order valence-electron chi connectivity index (χ3n) is 2.16. The first-order chi connectivity index (χ1) is 7.67. The molecular formula is C10H17F3N2OS. The number of alkyl halides is 3. The number of hydrogen-bond acceptors (Lipinski definition) is 2. The molecular weight excluding hydrogens is 253 g/mol. The first kappa shape index (κ1) is 16.1. The Hall–Kier alpha value is -0.850. The lowest BCUT2D eigenvalue weighted by Crippen LogP contribution is -2.43. The molecule has 0 fully saturated rings. The molecule has 2 unspecified atom stereocenters. The average Bonchev–Trinajstić information content (AvgIpc) is 2.09. The molecule has 0 aromatic rings. The normalized spacial score (nSPS) is 15.1. The van der Waals surface area contributed by atoms with Gasteiger partial charge in [-0.15, -0.1) is 0 Å². The van der Waals surface area contributed by atoms with Crippen LogP contribution in [0.15, 0.2) is 0 Å². The van der Waals surface area contributed by atoms with E-state index in [1.807, 2.05) is 6.92 Å². The number of amides is 1. The number of nitrogens with two attached hydrogens (primary N) is 1. The van der Waals surface area contributed by atoms with E-state index < -0.39 is 30.5 Å². The van der Waals surface area contributed by atoms with Gasteiger partial charge in [0.1, 0.15) is 0 Å². The number of carbonyl (C=O) groups excluding carboxylic acids is 1. The van der Waals surface area contributed by atoms with Gasteiger partial charge in [-0.3, -0.25) is 4.79 Å². The summed E-state index contributed by atoms with van der Waals surface area (Å²) in [4.78, 5) is 11.6. The van der Waals surface area contributed by atoms with Crippen LogP contribution in [0, 0.1) is 5.92 Å². The summed E-state index contributed by atoms with van der Waals surface area (Å²) in [7, 11) is 0. The molecule has 0 bridgehead atoms. The van der Waals surface area contributed by atoms with Gasteiger partial charge in [0.05, 0.1) is 17.3 Å². The molecule has 1 amide bonds. The van der Waals surface area contributed by atoms with Crippen LogP contribution in [0.4, 0.5) is 13.2 Å². The summed E-state index contributed by atoms with van der Waals surface area (Å²) in [5.74, 6) is -1.22. The number of halogens is 3. The highest BCUT2D eigenvalue weighted by Crippen LogP contribution is 2.21. The molecule has 2 atom stereocenters. The van der Waals surface area contributed by atoms with Crippen LogP contribution in [0.3, 0.4) is 0 Å². The van der Waals surface area contributed by atoms with Gasteiger partial charge in [-0.05, 0) is 13.3 Å². The minimum Gasteiger partial charge on any atom is -0.393 e. The van der Waals surface area contributed by atoms with E-state index in [-0.39, 0.29) is 4.99 Å². The van der Waals surface area contributed by atoms with Crippen LogP contribution in [-0.4, -0.2) is 23.1 Å². The predicted octanol–water partition coefficient (Wildman–Crippen LogP) is 2.15. The Morgan fingerprint density at radius 2 is 2.00 bits per heavy atom. The number of nitrogens with one attached hydrogen (secondary N) is 1. The highest BCUT2D eigenvalue weighted by atomic mass is 32.1. The minimum absolute atomic E-state index is 0.0172. The summed E-state index contributed by atoms with van der Waals surface area (Å²) >= 11 is 4.72. The molecule has 0 aromatic carbocycles. The van der Waals surface area contributed by atoms with Crippen molar-refractivity contribution in [1.82, 2.24) is 5.32 Å². The summed E-state index contributed by atoms with van der Waals surface area (Å²) in [5, 5.41) is 2.28. The van der Waals surface area contributed by atoms with E-state index in [2.05, 4.69) is 5.32 Å². The van der Waals surface area contributed by atoms with Crippen molar-refractivity contribution in [1.29, 1.82) is 0 Å². The van der Waals surface area contributed by atoms with Gasteiger partial charge < -0.3 is 11.1 Å². The maximum atomic E-state index is 12.1. The maximum absolute atomic E-state index is 12.1. The first-order valence-corrected chi connectivity index (χ1v) is 5.74. The van der Waals surface area contributed by atoms with Crippen LogP contribution in [0.1, 0.15) is 33.1 Å². The SMILES string of the molecule is CCCC(C(=O)NC(C)CC(F)(F)F)C(N)=S. The fraction of sp³-hybridized carbons (Fsp3) is 0.800. The smallest absolute Gasteiger partial charge is 0.391 e. The molecule has 17 heavy (non-hydrogen) atoms. The van der Waals surface area contributed by atoms with Crippen molar-refractivity contribution in [3.63, 3.8) is 0 Å². The largest absolute Gasteiger partial charge is 0.393 e. The highest BCUT2D eigenvalue weighted by molar-refractivity contribution is 7.80. The highest BCUT2D eigenvalue weighted by Gasteiger charge is 2.31. The van der Waals surface area contributed by atoms with Crippen LogP contribution in [0.2, 0.25) is 0 Å². The number of carbonyl (C=O) groups is 1. The van der Waals surface area contributed by atoms with Gasteiger partial charge in [-0.2, -0.15) is 13.2 Å². The lowest BCUT2D eigenvalue weighted by molar-refractivity contribution is -0.141. The molecule has 3 N–H and O–H groups in total. The quantitative estimate of drug-likeness (QED) is 0.727. The van der Waals surface area contributed by atoms with Crippen molar-refractivity contribution in [3.8, 4) is 0 Å². The second-order valence-electron chi connectivity index (χ2n) is 3.97. The number of rotatable bonds is 6. The Labute approximate surface area is 104 Å². The summed E-state index contributed by atoms with van der Waals surface area (Å²) in [6.45, 7) is 3.14. The van der Waals surface area contributed by atoms with E-state index in [0.29, 0.717) is 12.8 Å². The zero-order chi connectivity index (χ0) is 13.6. The molecule has 0 aliphatic rings. The van der Waals surface area contributed by atoms with Crippen LogP contribution in [0.25, 0.3) is 0 Å². The van der Waals surface area contributed by atoms with Crippen LogP contribution >= 0.6 is 12.2 Å². The fourth-order valence-electron chi connectivity index (χ4n) is 1.43. The van der Waals surface area contributed by atoms with Gasteiger partial charge in [-0.25, -0.2) is 0 Å². The molecule has 0 spiro atoms. The second kappa shape index (κ2) is 6.78. The van der Waals surface area contributed by atoms with Gasteiger partial charge >= 0.3 is 6.18 Å². The molecule has 0 aliphatic heterocycles. The Morgan fingerprint density at radius 1 is 1.47 bits per heavy atom. The fourth-order valence-corrected chi connectivity index (χ4v) is 1.66. The third kappa shape index (κ3) is 7.14. The van der Waals surface area contributed by atoms with E-state index in [9.17, 15) is 18.0 Å². The van der Waals surface area contributed by atoms with Crippen molar-refractivity contribution >= 4 is 23.1 Å². The van der Waals surface area contributed by atoms with E-state index in [4.69, 9.17) is 18.0 Å². The van der Waals surface area contributed by atoms with Crippen LogP contribution < -0.4 is 11.1 Å². The average molecular weight is 270 g/mol. The monoisotopic (exact) mass is 270 g/mol. The Balaban J connectivity index is 4.35. The van der Waals surface area contributed by atoms with Gasteiger partial charge in [0, 0.05) is 6.04 Å². The molecule has 100 valence electrons. The van der Waals surface area contributed by atoms with Crippen molar-refractivity contribution in [2.75, 3.05) is 0 Å². The zero-order valence-electron chi connectivity index (χ0n) is 9.80. The van der Waals surface area contributed by atoms with Crippen molar-refractivity contribution < 1.29 is 18.0 Å². The number of hydrogen-bond donors (Lipinski definition) is 2. The maximum Gasteiger partial charge on any atom is 0.391 e. The van der Waals surface area contributed by atoms with Crippen molar-refractivity contribution in [3.05, 3.63) is 0 Å².